The molecule has 0 heterocycles. The van der Waals surface area contributed by atoms with Crippen LogP contribution in [0, 0.1) is 0 Å². The molecule has 5 nitrogen and oxygen atoms in total. The quantitative estimate of drug-likeness (QED) is 0.352. The molecule has 0 aromatic heterocycles. The van der Waals surface area contributed by atoms with Crippen molar-refractivity contribution in [3.05, 3.63) is 57.1 Å². The third-order valence-electron chi connectivity index (χ3n) is 3.52. The van der Waals surface area contributed by atoms with Crippen molar-refractivity contribution in [3.8, 4) is 0 Å². The number of anilines is 2. The van der Waals surface area contributed by atoms with Crippen molar-refractivity contribution < 1.29 is 40.7 Å². The van der Waals surface area contributed by atoms with Crippen LogP contribution in [0.2, 0.25) is 10.0 Å². The minimum absolute atomic E-state index is 0.0363. The predicted molar refractivity (Wildman–Crippen MR) is 96.2 cm³/mol. The first-order valence-electron chi connectivity index (χ1n) is 7.69. The van der Waals surface area contributed by atoms with E-state index in [2.05, 4.69) is 4.74 Å². The van der Waals surface area contributed by atoms with Crippen LogP contribution in [0.25, 0.3) is 0 Å². The lowest BCUT2D eigenvalue weighted by molar-refractivity contribution is -0.143. The summed E-state index contributed by atoms with van der Waals surface area (Å²) in [6.07, 6.45) is -10.2. The zero-order valence-corrected chi connectivity index (χ0v) is 15.9. The maximum absolute atomic E-state index is 12.8. The lowest BCUT2D eigenvalue weighted by Crippen LogP contribution is -2.22. The highest BCUT2D eigenvalue weighted by Crippen LogP contribution is 2.37. The topological polar surface area (TPSA) is 81.4 Å². The van der Waals surface area contributed by atoms with Crippen molar-refractivity contribution in [2.75, 3.05) is 17.7 Å². The van der Waals surface area contributed by atoms with Gasteiger partial charge in [0.15, 0.2) is 6.61 Å². The lowest BCUT2D eigenvalue weighted by atomic mass is 10.1. The molecule has 0 fully saturated rings. The van der Waals surface area contributed by atoms with Crippen molar-refractivity contribution in [1.29, 1.82) is 0 Å². The molecule has 2 aromatic carbocycles. The minimum Gasteiger partial charge on any atom is -0.452 e. The van der Waals surface area contributed by atoms with Gasteiger partial charge < -0.3 is 15.8 Å². The minimum atomic E-state index is -5.09. The Morgan fingerprint density at radius 1 is 0.933 bits per heavy atom. The number of hydrogen-bond acceptors (Lipinski definition) is 4. The van der Waals surface area contributed by atoms with E-state index in [0.717, 1.165) is 6.07 Å². The van der Waals surface area contributed by atoms with Crippen LogP contribution in [0.4, 0.5) is 37.7 Å². The number of benzene rings is 2. The van der Waals surface area contributed by atoms with Gasteiger partial charge >= 0.3 is 18.3 Å². The fourth-order valence-electron chi connectivity index (χ4n) is 2.19. The number of nitrogen functional groups attached to an aromatic ring is 1. The van der Waals surface area contributed by atoms with Gasteiger partial charge in [-0.25, -0.2) is 4.79 Å². The second kappa shape index (κ2) is 8.60. The molecule has 0 bridgehead atoms. The van der Waals surface area contributed by atoms with Crippen LogP contribution in [0.5, 0.6) is 0 Å². The van der Waals surface area contributed by atoms with Crippen molar-refractivity contribution in [1.82, 2.24) is 0 Å². The molecule has 0 unspecified atom stereocenters. The fraction of sp³-hybridized carbons (Fsp3) is 0.176. The van der Waals surface area contributed by atoms with E-state index in [1.807, 2.05) is 5.32 Å². The summed E-state index contributed by atoms with van der Waals surface area (Å²) in [5.74, 6) is -2.32. The molecule has 13 heteroatoms. The van der Waals surface area contributed by atoms with Gasteiger partial charge in [-0.2, -0.15) is 26.3 Å². The van der Waals surface area contributed by atoms with E-state index in [1.165, 1.54) is 6.07 Å². The molecule has 30 heavy (non-hydrogen) atoms. The Hall–Kier alpha value is -2.66. The Balaban J connectivity index is 2.16. The van der Waals surface area contributed by atoms with Gasteiger partial charge in [0, 0.05) is 10.7 Å². The van der Waals surface area contributed by atoms with E-state index < -0.39 is 47.7 Å². The summed E-state index contributed by atoms with van der Waals surface area (Å²) >= 11 is 11.5. The zero-order chi connectivity index (χ0) is 22.9. The van der Waals surface area contributed by atoms with Gasteiger partial charge in [-0.15, -0.1) is 0 Å². The van der Waals surface area contributed by atoms with Gasteiger partial charge in [-0.1, -0.05) is 23.2 Å². The summed E-state index contributed by atoms with van der Waals surface area (Å²) in [7, 11) is 0. The first-order chi connectivity index (χ1) is 13.7. The van der Waals surface area contributed by atoms with E-state index in [0.29, 0.717) is 12.1 Å². The van der Waals surface area contributed by atoms with Gasteiger partial charge in [0.25, 0.3) is 5.91 Å². The smallest absolute Gasteiger partial charge is 0.416 e. The number of carbonyl (C=O) groups is 2. The van der Waals surface area contributed by atoms with E-state index >= 15 is 0 Å². The molecule has 0 atom stereocenters. The van der Waals surface area contributed by atoms with E-state index in [9.17, 15) is 35.9 Å². The molecule has 0 saturated heterocycles. The Bertz CT molecular complexity index is 960. The number of esters is 1. The summed E-state index contributed by atoms with van der Waals surface area (Å²) in [4.78, 5) is 23.9. The van der Waals surface area contributed by atoms with E-state index in [-0.39, 0.29) is 27.4 Å². The average Bonchev–Trinajstić information content (AvgIpc) is 2.61. The second-order valence-electron chi connectivity index (χ2n) is 5.77. The first kappa shape index (κ1) is 23.6. The van der Waals surface area contributed by atoms with E-state index in [1.54, 1.807) is 0 Å². The highest BCUT2D eigenvalue weighted by molar-refractivity contribution is 6.37. The van der Waals surface area contributed by atoms with Gasteiger partial charge in [0.1, 0.15) is 0 Å². The molecule has 3 N–H and O–H groups in total. The highest BCUT2D eigenvalue weighted by Gasteiger charge is 2.37. The third-order valence-corrected chi connectivity index (χ3v) is 4.05. The van der Waals surface area contributed by atoms with Crippen LogP contribution in [0.1, 0.15) is 21.5 Å². The van der Waals surface area contributed by atoms with Gasteiger partial charge in [-0.05, 0) is 30.3 Å². The third kappa shape index (κ3) is 5.92. The number of ether oxygens (including phenoxy) is 1. The van der Waals surface area contributed by atoms with Crippen molar-refractivity contribution in [2.24, 2.45) is 0 Å². The number of halogens is 8. The molecule has 162 valence electrons. The summed E-state index contributed by atoms with van der Waals surface area (Å²) in [5.41, 5.74) is 1.09. The van der Waals surface area contributed by atoms with Crippen LogP contribution in [0.3, 0.4) is 0 Å². The molecular weight excluding hydrogens is 465 g/mol. The van der Waals surface area contributed by atoms with Crippen LogP contribution >= 0.6 is 23.2 Å². The Morgan fingerprint density at radius 2 is 1.47 bits per heavy atom. The molecular formula is C17H10Cl2F6N2O3. The average molecular weight is 475 g/mol. The zero-order valence-electron chi connectivity index (χ0n) is 14.4. The number of rotatable bonds is 4. The molecule has 2 rings (SSSR count). The Kier molecular flexibility index (Phi) is 6.77. The second-order valence-corrected chi connectivity index (χ2v) is 6.61. The van der Waals surface area contributed by atoms with Crippen LogP contribution in [-0.4, -0.2) is 18.5 Å². The highest BCUT2D eigenvalue weighted by atomic mass is 35.5. The Labute approximate surface area is 174 Å². The molecule has 0 aliphatic carbocycles. The van der Waals surface area contributed by atoms with Crippen molar-refractivity contribution >= 4 is 46.5 Å². The molecule has 2 aromatic rings. The summed E-state index contributed by atoms with van der Waals surface area (Å²) < 4.78 is 81.7. The maximum Gasteiger partial charge on any atom is 0.416 e. The molecule has 0 saturated carbocycles. The van der Waals surface area contributed by atoms with Gasteiger partial charge in [-0.3, -0.25) is 4.79 Å². The monoisotopic (exact) mass is 474 g/mol. The summed E-state index contributed by atoms with van der Waals surface area (Å²) in [5, 5.41) is 1.78. The number of carbonyl (C=O) groups excluding carboxylic acids is 2. The Morgan fingerprint density at radius 3 is 1.97 bits per heavy atom. The summed E-state index contributed by atoms with van der Waals surface area (Å²) in [6, 6.07) is 2.87. The standard InChI is InChI=1S/C17H10Cl2F6N2O3/c18-9-4-11(14(26)12(19)5-9)15(29)30-6-13(28)27-10-2-7(16(20,21)22)1-8(3-10)17(23,24)25/h1-5H,6,26H2,(H,27,28). The van der Waals surface area contributed by atoms with Gasteiger partial charge in [0.2, 0.25) is 0 Å². The van der Waals surface area contributed by atoms with E-state index in [4.69, 9.17) is 28.9 Å². The number of nitrogens with two attached hydrogens (primary N) is 1. The van der Waals surface area contributed by atoms with Crippen LogP contribution in [-0.2, 0) is 21.9 Å². The molecule has 0 aliphatic heterocycles. The predicted octanol–water partition coefficient (Wildman–Crippen LogP) is 5.41. The maximum atomic E-state index is 12.8. The van der Waals surface area contributed by atoms with Crippen molar-refractivity contribution in [2.45, 2.75) is 12.4 Å². The van der Waals surface area contributed by atoms with Gasteiger partial charge in [0.05, 0.1) is 27.4 Å². The van der Waals surface area contributed by atoms with Crippen molar-refractivity contribution in [3.63, 3.8) is 0 Å². The normalized spacial score (nSPS) is 11.9. The van der Waals surface area contributed by atoms with Crippen LogP contribution in [0.15, 0.2) is 30.3 Å². The molecule has 0 spiro atoms. The number of nitrogens with one attached hydrogen (secondary N) is 1. The first-order valence-corrected chi connectivity index (χ1v) is 8.45. The molecule has 0 radical (unpaired) electrons. The fourth-order valence-corrected chi connectivity index (χ4v) is 2.68. The summed E-state index contributed by atoms with van der Waals surface area (Å²) in [6.45, 7) is -1.03. The van der Waals surface area contributed by atoms with Crippen LogP contribution < -0.4 is 11.1 Å². The number of amides is 1. The molecule has 0 aliphatic rings. The SMILES string of the molecule is Nc1c(Cl)cc(Cl)cc1C(=O)OCC(=O)Nc1cc(C(F)(F)F)cc(C(F)(F)F)c1. The number of alkyl halides is 6. The molecule has 1 amide bonds. The number of hydrogen-bond donors (Lipinski definition) is 2. The lowest BCUT2D eigenvalue weighted by Gasteiger charge is -2.15. The largest absolute Gasteiger partial charge is 0.452 e.